The molecule has 1 aromatic heterocycles. The fourth-order valence-electron chi connectivity index (χ4n) is 1.60. The minimum atomic E-state index is 1.05. The third-order valence-electron chi connectivity index (χ3n) is 2.61. The minimum absolute atomic E-state index is 1.05. The summed E-state index contributed by atoms with van der Waals surface area (Å²) in [7, 11) is 0. The van der Waals surface area contributed by atoms with Crippen molar-refractivity contribution in [1.82, 2.24) is 4.98 Å². The zero-order valence-corrected chi connectivity index (χ0v) is 8.54. The first-order chi connectivity index (χ1) is 6.72. The molecule has 1 nitrogen and oxygen atoms in total. The van der Waals surface area contributed by atoms with Crippen LogP contribution in [0.2, 0.25) is 0 Å². The standard InChI is InChI=1S/C13H13N/c1-4-11-5-6-14-13-8-10(3)9(2)7-12(11)13/h4-8H,1H2,2-3H3. The fraction of sp³-hybridized carbons (Fsp3) is 0.154. The molecule has 1 aromatic carbocycles. The van der Waals surface area contributed by atoms with E-state index >= 15 is 0 Å². The predicted octanol–water partition coefficient (Wildman–Crippen LogP) is 3.49. The third kappa shape index (κ3) is 1.31. The van der Waals surface area contributed by atoms with E-state index in [0.29, 0.717) is 0 Å². The number of aromatic nitrogens is 1. The molecule has 0 spiro atoms. The highest BCUT2D eigenvalue weighted by Gasteiger charge is 2.01. The van der Waals surface area contributed by atoms with Crippen LogP contribution in [0.5, 0.6) is 0 Å². The van der Waals surface area contributed by atoms with Gasteiger partial charge >= 0.3 is 0 Å². The van der Waals surface area contributed by atoms with Crippen molar-refractivity contribution in [3.63, 3.8) is 0 Å². The molecule has 70 valence electrons. The van der Waals surface area contributed by atoms with Gasteiger partial charge in [0.15, 0.2) is 0 Å². The van der Waals surface area contributed by atoms with E-state index in [2.05, 4.69) is 37.5 Å². The Morgan fingerprint density at radius 2 is 1.93 bits per heavy atom. The first-order valence-electron chi connectivity index (χ1n) is 4.71. The van der Waals surface area contributed by atoms with E-state index in [9.17, 15) is 0 Å². The predicted molar refractivity (Wildman–Crippen MR) is 61.3 cm³/mol. The van der Waals surface area contributed by atoms with Gasteiger partial charge in [-0.2, -0.15) is 0 Å². The Morgan fingerprint density at radius 1 is 1.21 bits per heavy atom. The molecule has 0 aliphatic carbocycles. The highest BCUT2D eigenvalue weighted by atomic mass is 14.6. The number of hydrogen-bond donors (Lipinski definition) is 0. The smallest absolute Gasteiger partial charge is 0.0710 e. The first-order valence-corrected chi connectivity index (χ1v) is 4.71. The summed E-state index contributed by atoms with van der Waals surface area (Å²) in [6.45, 7) is 8.03. The van der Waals surface area contributed by atoms with Gasteiger partial charge in [0.1, 0.15) is 0 Å². The summed E-state index contributed by atoms with van der Waals surface area (Å²) in [5, 5.41) is 1.19. The van der Waals surface area contributed by atoms with Gasteiger partial charge in [-0.3, -0.25) is 4.98 Å². The Hall–Kier alpha value is -1.63. The average Bonchev–Trinajstić information content (AvgIpc) is 2.19. The monoisotopic (exact) mass is 183 g/mol. The maximum absolute atomic E-state index is 4.34. The number of benzene rings is 1. The zero-order chi connectivity index (χ0) is 10.1. The largest absolute Gasteiger partial charge is 0.256 e. The topological polar surface area (TPSA) is 12.9 Å². The molecule has 0 bridgehead atoms. The van der Waals surface area contributed by atoms with E-state index in [-0.39, 0.29) is 0 Å². The van der Waals surface area contributed by atoms with Gasteiger partial charge in [-0.15, -0.1) is 0 Å². The van der Waals surface area contributed by atoms with Crippen LogP contribution in [0.1, 0.15) is 16.7 Å². The number of fused-ring (bicyclic) bond motifs is 1. The molecule has 0 radical (unpaired) electrons. The number of hydrogen-bond acceptors (Lipinski definition) is 1. The van der Waals surface area contributed by atoms with Gasteiger partial charge in [-0.1, -0.05) is 12.7 Å². The molecule has 0 atom stereocenters. The van der Waals surface area contributed by atoms with Crippen LogP contribution in [0.25, 0.3) is 17.0 Å². The van der Waals surface area contributed by atoms with E-state index in [1.54, 1.807) is 0 Å². The second-order valence-electron chi connectivity index (χ2n) is 3.56. The van der Waals surface area contributed by atoms with Gasteiger partial charge in [0.05, 0.1) is 5.52 Å². The average molecular weight is 183 g/mol. The summed E-state index contributed by atoms with van der Waals surface area (Å²) in [5.41, 5.74) is 4.78. The molecule has 14 heavy (non-hydrogen) atoms. The number of aryl methyl sites for hydroxylation is 2. The summed E-state index contributed by atoms with van der Waals surface area (Å²) in [4.78, 5) is 4.34. The number of pyridine rings is 1. The molecule has 0 saturated carbocycles. The second kappa shape index (κ2) is 3.26. The van der Waals surface area contributed by atoms with E-state index in [0.717, 1.165) is 11.1 Å². The lowest BCUT2D eigenvalue weighted by Gasteiger charge is -2.05. The molecule has 1 heteroatoms. The van der Waals surface area contributed by atoms with Crippen molar-refractivity contribution in [1.29, 1.82) is 0 Å². The summed E-state index contributed by atoms with van der Waals surface area (Å²) in [6.07, 6.45) is 3.70. The highest BCUT2D eigenvalue weighted by Crippen LogP contribution is 2.21. The van der Waals surface area contributed by atoms with Gasteiger partial charge in [-0.05, 0) is 48.7 Å². The van der Waals surface area contributed by atoms with Crippen molar-refractivity contribution in [3.8, 4) is 0 Å². The Bertz CT molecular complexity index is 498. The summed E-state index contributed by atoms with van der Waals surface area (Å²) >= 11 is 0. The van der Waals surface area contributed by atoms with Crippen molar-refractivity contribution in [2.75, 3.05) is 0 Å². The molecule has 0 aliphatic heterocycles. The molecule has 2 aromatic rings. The second-order valence-corrected chi connectivity index (χ2v) is 3.56. The first kappa shape index (κ1) is 8.95. The molecule has 0 saturated heterocycles. The van der Waals surface area contributed by atoms with Gasteiger partial charge in [0.2, 0.25) is 0 Å². The molecule has 0 aliphatic rings. The quantitative estimate of drug-likeness (QED) is 0.659. The van der Waals surface area contributed by atoms with Crippen LogP contribution >= 0.6 is 0 Å². The zero-order valence-electron chi connectivity index (χ0n) is 8.54. The van der Waals surface area contributed by atoms with Crippen LogP contribution in [0.15, 0.2) is 31.0 Å². The molecular weight excluding hydrogens is 170 g/mol. The van der Waals surface area contributed by atoms with Crippen molar-refractivity contribution in [2.24, 2.45) is 0 Å². The Kier molecular flexibility index (Phi) is 2.08. The third-order valence-corrected chi connectivity index (χ3v) is 2.61. The Morgan fingerprint density at radius 3 is 2.64 bits per heavy atom. The SMILES string of the molecule is C=Cc1ccnc2cc(C)c(C)cc12. The van der Waals surface area contributed by atoms with Gasteiger partial charge in [0, 0.05) is 11.6 Å². The molecular formula is C13H13N. The van der Waals surface area contributed by atoms with Crippen molar-refractivity contribution < 1.29 is 0 Å². The van der Waals surface area contributed by atoms with E-state index < -0.39 is 0 Å². The molecule has 0 amide bonds. The van der Waals surface area contributed by atoms with Crippen LogP contribution < -0.4 is 0 Å². The van der Waals surface area contributed by atoms with E-state index in [4.69, 9.17) is 0 Å². The molecule has 0 unspecified atom stereocenters. The molecule has 1 heterocycles. The lowest BCUT2D eigenvalue weighted by molar-refractivity contribution is 1.33. The maximum Gasteiger partial charge on any atom is 0.0710 e. The highest BCUT2D eigenvalue weighted by molar-refractivity contribution is 5.88. The minimum Gasteiger partial charge on any atom is -0.256 e. The van der Waals surface area contributed by atoms with Crippen molar-refractivity contribution in [3.05, 3.63) is 47.7 Å². The van der Waals surface area contributed by atoms with Crippen LogP contribution in [0, 0.1) is 13.8 Å². The lowest BCUT2D eigenvalue weighted by atomic mass is 10.0. The van der Waals surface area contributed by atoms with Gasteiger partial charge in [-0.25, -0.2) is 0 Å². The summed E-state index contributed by atoms with van der Waals surface area (Å²) in [6, 6.07) is 6.29. The Balaban J connectivity index is 2.88. The van der Waals surface area contributed by atoms with Gasteiger partial charge < -0.3 is 0 Å². The van der Waals surface area contributed by atoms with E-state index in [1.165, 1.54) is 16.5 Å². The van der Waals surface area contributed by atoms with E-state index in [1.807, 2.05) is 18.3 Å². The van der Waals surface area contributed by atoms with Crippen LogP contribution in [-0.4, -0.2) is 4.98 Å². The summed E-state index contributed by atoms with van der Waals surface area (Å²) in [5.74, 6) is 0. The number of rotatable bonds is 1. The maximum atomic E-state index is 4.34. The molecule has 2 rings (SSSR count). The summed E-state index contributed by atoms with van der Waals surface area (Å²) < 4.78 is 0. The van der Waals surface area contributed by atoms with Crippen LogP contribution in [0.3, 0.4) is 0 Å². The van der Waals surface area contributed by atoms with Crippen LogP contribution in [0.4, 0.5) is 0 Å². The Labute approximate surface area is 84.1 Å². The van der Waals surface area contributed by atoms with Crippen molar-refractivity contribution >= 4 is 17.0 Å². The number of nitrogens with zero attached hydrogens (tertiary/aromatic N) is 1. The normalized spacial score (nSPS) is 10.4. The van der Waals surface area contributed by atoms with Crippen LogP contribution in [-0.2, 0) is 0 Å². The molecule has 0 N–H and O–H groups in total. The fourth-order valence-corrected chi connectivity index (χ4v) is 1.60. The lowest BCUT2D eigenvalue weighted by Crippen LogP contribution is -1.86. The molecule has 0 fully saturated rings. The van der Waals surface area contributed by atoms with Gasteiger partial charge in [0.25, 0.3) is 0 Å². The van der Waals surface area contributed by atoms with Crippen molar-refractivity contribution in [2.45, 2.75) is 13.8 Å².